The van der Waals surface area contributed by atoms with Gasteiger partial charge in [0.05, 0.1) is 0 Å². The van der Waals surface area contributed by atoms with Gasteiger partial charge in [0.1, 0.15) is 5.82 Å². The predicted molar refractivity (Wildman–Crippen MR) is 60.5 cm³/mol. The smallest absolute Gasteiger partial charge is 0.125 e. The lowest BCUT2D eigenvalue weighted by molar-refractivity contribution is 0.330. The lowest BCUT2D eigenvalue weighted by atomic mass is 10.2. The molecular weight excluding hydrogens is 191 g/mol. The predicted octanol–water partition coefficient (Wildman–Crippen LogP) is 2.33. The van der Waals surface area contributed by atoms with E-state index in [4.69, 9.17) is 0 Å². The molecule has 2 rings (SSSR count). The monoisotopic (exact) mass is 208 g/mol. The molecule has 0 bridgehead atoms. The van der Waals surface area contributed by atoms with E-state index in [1.54, 1.807) is 12.1 Å². The molecule has 0 amide bonds. The van der Waals surface area contributed by atoms with Gasteiger partial charge in [0, 0.05) is 24.3 Å². The fourth-order valence-corrected chi connectivity index (χ4v) is 2.11. The number of benzene rings is 1. The van der Waals surface area contributed by atoms with E-state index in [1.807, 2.05) is 6.07 Å². The van der Waals surface area contributed by atoms with Crippen molar-refractivity contribution in [2.75, 3.05) is 18.9 Å². The van der Waals surface area contributed by atoms with Crippen LogP contribution >= 0.6 is 0 Å². The van der Waals surface area contributed by atoms with Crippen molar-refractivity contribution in [3.05, 3.63) is 30.1 Å². The fraction of sp³-hybridized carbons (Fsp3) is 0.500. The number of anilines is 1. The van der Waals surface area contributed by atoms with Crippen molar-refractivity contribution in [2.24, 2.45) is 0 Å². The Labute approximate surface area is 90.1 Å². The summed E-state index contributed by atoms with van der Waals surface area (Å²) in [5, 5.41) is 3.36. The Bertz CT molecular complexity index is 330. The zero-order valence-corrected chi connectivity index (χ0v) is 9.20. The second kappa shape index (κ2) is 4.19. The van der Waals surface area contributed by atoms with Gasteiger partial charge in [0.2, 0.25) is 0 Å². The SMILES string of the molecule is CC1CC(Nc2cccc(F)c2)CN1C. The van der Waals surface area contributed by atoms with Crippen molar-refractivity contribution in [1.29, 1.82) is 0 Å². The zero-order chi connectivity index (χ0) is 10.8. The van der Waals surface area contributed by atoms with Crippen LogP contribution in [0.25, 0.3) is 0 Å². The highest BCUT2D eigenvalue weighted by Crippen LogP contribution is 2.19. The molecule has 1 aliphatic heterocycles. The van der Waals surface area contributed by atoms with E-state index in [1.165, 1.54) is 6.07 Å². The molecule has 3 heteroatoms. The van der Waals surface area contributed by atoms with E-state index in [2.05, 4.69) is 24.2 Å². The van der Waals surface area contributed by atoms with Gasteiger partial charge in [-0.3, -0.25) is 0 Å². The number of likely N-dealkylation sites (N-methyl/N-ethyl adjacent to an activating group) is 1. The van der Waals surface area contributed by atoms with Crippen LogP contribution in [0.4, 0.5) is 10.1 Å². The Kier molecular flexibility index (Phi) is 2.91. The number of nitrogens with one attached hydrogen (secondary N) is 1. The Morgan fingerprint density at radius 3 is 2.87 bits per heavy atom. The number of nitrogens with zero attached hydrogens (tertiary/aromatic N) is 1. The van der Waals surface area contributed by atoms with Crippen LogP contribution < -0.4 is 5.32 Å². The first-order valence-corrected chi connectivity index (χ1v) is 5.37. The summed E-state index contributed by atoms with van der Waals surface area (Å²) in [6, 6.07) is 7.70. The number of hydrogen-bond donors (Lipinski definition) is 1. The maximum atomic E-state index is 12.9. The maximum absolute atomic E-state index is 12.9. The summed E-state index contributed by atoms with van der Waals surface area (Å²) in [4.78, 5) is 2.32. The standard InChI is InChI=1S/C12H17FN2/c1-9-6-12(8-15(9)2)14-11-5-3-4-10(13)7-11/h3-5,7,9,12,14H,6,8H2,1-2H3. The molecule has 0 aliphatic carbocycles. The minimum atomic E-state index is -0.181. The van der Waals surface area contributed by atoms with Crippen LogP contribution in [-0.4, -0.2) is 30.6 Å². The summed E-state index contributed by atoms with van der Waals surface area (Å²) in [5.74, 6) is -0.181. The van der Waals surface area contributed by atoms with E-state index >= 15 is 0 Å². The van der Waals surface area contributed by atoms with Crippen molar-refractivity contribution >= 4 is 5.69 Å². The average molecular weight is 208 g/mol. The van der Waals surface area contributed by atoms with Crippen LogP contribution in [0.2, 0.25) is 0 Å². The first-order valence-electron chi connectivity index (χ1n) is 5.37. The zero-order valence-electron chi connectivity index (χ0n) is 9.20. The van der Waals surface area contributed by atoms with Crippen molar-refractivity contribution < 1.29 is 4.39 Å². The topological polar surface area (TPSA) is 15.3 Å². The second-order valence-corrected chi connectivity index (χ2v) is 4.38. The van der Waals surface area contributed by atoms with Gasteiger partial charge in [-0.2, -0.15) is 0 Å². The molecule has 1 fully saturated rings. The molecule has 0 saturated carbocycles. The Morgan fingerprint density at radius 2 is 2.27 bits per heavy atom. The average Bonchev–Trinajstić information content (AvgIpc) is 2.45. The summed E-state index contributed by atoms with van der Waals surface area (Å²) in [5.41, 5.74) is 0.877. The highest BCUT2D eigenvalue weighted by molar-refractivity contribution is 5.44. The molecule has 1 aromatic carbocycles. The van der Waals surface area contributed by atoms with Crippen molar-refractivity contribution in [2.45, 2.75) is 25.4 Å². The van der Waals surface area contributed by atoms with Gasteiger partial charge >= 0.3 is 0 Å². The summed E-state index contributed by atoms with van der Waals surface area (Å²) in [6.07, 6.45) is 1.12. The molecule has 82 valence electrons. The quantitative estimate of drug-likeness (QED) is 0.802. The Hall–Kier alpha value is -1.09. The number of rotatable bonds is 2. The highest BCUT2D eigenvalue weighted by atomic mass is 19.1. The van der Waals surface area contributed by atoms with Crippen molar-refractivity contribution in [1.82, 2.24) is 4.90 Å². The Balaban J connectivity index is 1.98. The first-order chi connectivity index (χ1) is 7.15. The second-order valence-electron chi connectivity index (χ2n) is 4.38. The van der Waals surface area contributed by atoms with E-state index < -0.39 is 0 Å². The molecule has 2 unspecified atom stereocenters. The van der Waals surface area contributed by atoms with Gasteiger partial charge in [-0.15, -0.1) is 0 Å². The van der Waals surface area contributed by atoms with E-state index in [-0.39, 0.29) is 5.82 Å². The molecule has 15 heavy (non-hydrogen) atoms. The van der Waals surface area contributed by atoms with Crippen LogP contribution in [0.5, 0.6) is 0 Å². The van der Waals surface area contributed by atoms with Gasteiger partial charge in [0.25, 0.3) is 0 Å². The lowest BCUT2D eigenvalue weighted by Crippen LogP contribution is -2.24. The lowest BCUT2D eigenvalue weighted by Gasteiger charge is -2.14. The van der Waals surface area contributed by atoms with Crippen LogP contribution in [0, 0.1) is 5.82 Å². The van der Waals surface area contributed by atoms with E-state index in [0.29, 0.717) is 12.1 Å². The number of halogens is 1. The van der Waals surface area contributed by atoms with Crippen molar-refractivity contribution in [3.8, 4) is 0 Å². The summed E-state index contributed by atoms with van der Waals surface area (Å²) < 4.78 is 12.9. The summed E-state index contributed by atoms with van der Waals surface area (Å²) in [7, 11) is 2.12. The third-order valence-corrected chi connectivity index (χ3v) is 3.08. The Morgan fingerprint density at radius 1 is 1.47 bits per heavy atom. The first kappa shape index (κ1) is 10.4. The molecular formula is C12H17FN2. The third kappa shape index (κ3) is 2.48. The molecule has 2 atom stereocenters. The van der Waals surface area contributed by atoms with Crippen LogP contribution in [-0.2, 0) is 0 Å². The maximum Gasteiger partial charge on any atom is 0.125 e. The van der Waals surface area contributed by atoms with Gasteiger partial charge in [-0.05, 0) is 38.6 Å². The fourth-order valence-electron chi connectivity index (χ4n) is 2.11. The molecule has 1 N–H and O–H groups in total. The van der Waals surface area contributed by atoms with Crippen LogP contribution in [0.1, 0.15) is 13.3 Å². The molecule has 1 saturated heterocycles. The van der Waals surface area contributed by atoms with Gasteiger partial charge < -0.3 is 10.2 Å². The van der Waals surface area contributed by atoms with Gasteiger partial charge in [0.15, 0.2) is 0 Å². The normalized spacial score (nSPS) is 26.9. The molecule has 2 nitrogen and oxygen atoms in total. The van der Waals surface area contributed by atoms with Crippen molar-refractivity contribution in [3.63, 3.8) is 0 Å². The molecule has 1 aliphatic rings. The van der Waals surface area contributed by atoms with Crippen LogP contribution in [0.15, 0.2) is 24.3 Å². The third-order valence-electron chi connectivity index (χ3n) is 3.08. The molecule has 0 spiro atoms. The molecule has 0 radical (unpaired) electrons. The largest absolute Gasteiger partial charge is 0.381 e. The molecule has 0 aromatic heterocycles. The summed E-state index contributed by atoms with van der Waals surface area (Å²) >= 11 is 0. The van der Waals surface area contributed by atoms with E-state index in [9.17, 15) is 4.39 Å². The highest BCUT2D eigenvalue weighted by Gasteiger charge is 2.25. The van der Waals surface area contributed by atoms with Crippen LogP contribution in [0.3, 0.4) is 0 Å². The minimum absolute atomic E-state index is 0.181. The number of hydrogen-bond acceptors (Lipinski definition) is 2. The van der Waals surface area contributed by atoms with Gasteiger partial charge in [-0.25, -0.2) is 4.39 Å². The summed E-state index contributed by atoms with van der Waals surface area (Å²) in [6.45, 7) is 3.24. The molecule has 1 aromatic rings. The minimum Gasteiger partial charge on any atom is -0.381 e. The van der Waals surface area contributed by atoms with E-state index in [0.717, 1.165) is 18.7 Å². The molecule has 1 heterocycles. The van der Waals surface area contributed by atoms with Gasteiger partial charge in [-0.1, -0.05) is 6.07 Å². The number of likely N-dealkylation sites (tertiary alicyclic amines) is 1.